The molecule has 0 amide bonds. The van der Waals surface area contributed by atoms with Crippen molar-refractivity contribution in [2.45, 2.75) is 71.1 Å². The Bertz CT molecular complexity index is 364. The third-order valence-electron chi connectivity index (χ3n) is 3.95. The molecule has 3 heteroatoms. The van der Waals surface area contributed by atoms with Gasteiger partial charge in [-0.25, -0.2) is 0 Å². The fraction of sp³-hybridized carbons (Fsp3) is 0.700. The summed E-state index contributed by atoms with van der Waals surface area (Å²) in [7, 11) is 0. The van der Waals surface area contributed by atoms with Gasteiger partial charge in [0.2, 0.25) is 0 Å². The van der Waals surface area contributed by atoms with Gasteiger partial charge in [-0.05, 0) is 30.7 Å². The molecule has 0 fully saturated rings. The Balaban J connectivity index is 1.92. The van der Waals surface area contributed by atoms with Crippen molar-refractivity contribution in [3.63, 3.8) is 0 Å². The summed E-state index contributed by atoms with van der Waals surface area (Å²) in [5, 5.41) is 0. The van der Waals surface area contributed by atoms with Crippen molar-refractivity contribution in [1.82, 2.24) is 0 Å². The van der Waals surface area contributed by atoms with Gasteiger partial charge in [-0.15, -0.1) is 0 Å². The second kappa shape index (κ2) is 14.7. The number of unbranched alkanes of at least 4 members (excludes halogenated alkanes) is 9. The molecule has 0 aliphatic heterocycles. The Morgan fingerprint density at radius 2 is 1.09 bits per heavy atom. The first-order valence-corrected chi connectivity index (χ1v) is 9.96. The standard InChI is InChI=1S/C20H34O2S/c1-2-3-4-5-6-7-8-9-10-11-16-21-19-12-14-20(15-13-19)22-17-18-23/h12-15,23H,2-11,16-18H2,1H3. The van der Waals surface area contributed by atoms with Crippen molar-refractivity contribution in [3.8, 4) is 11.5 Å². The van der Waals surface area contributed by atoms with Gasteiger partial charge >= 0.3 is 0 Å². The highest BCUT2D eigenvalue weighted by Gasteiger charge is 1.97. The van der Waals surface area contributed by atoms with Crippen molar-refractivity contribution >= 4 is 12.6 Å². The number of hydrogen-bond donors (Lipinski definition) is 1. The molecule has 2 nitrogen and oxygen atoms in total. The molecule has 0 bridgehead atoms. The molecule has 1 aromatic carbocycles. The minimum atomic E-state index is 0.641. The third-order valence-corrected chi connectivity index (χ3v) is 4.13. The maximum atomic E-state index is 5.77. The van der Waals surface area contributed by atoms with E-state index in [1.54, 1.807) is 0 Å². The Kier molecular flexibility index (Phi) is 13.0. The molecule has 0 saturated carbocycles. The lowest BCUT2D eigenvalue weighted by atomic mass is 10.1. The van der Waals surface area contributed by atoms with E-state index in [2.05, 4.69) is 19.6 Å². The van der Waals surface area contributed by atoms with E-state index in [0.717, 1.165) is 30.3 Å². The van der Waals surface area contributed by atoms with E-state index in [9.17, 15) is 0 Å². The molecule has 23 heavy (non-hydrogen) atoms. The van der Waals surface area contributed by atoms with Crippen molar-refractivity contribution in [3.05, 3.63) is 24.3 Å². The Morgan fingerprint density at radius 3 is 1.57 bits per heavy atom. The van der Waals surface area contributed by atoms with Crippen LogP contribution in [0.4, 0.5) is 0 Å². The van der Waals surface area contributed by atoms with E-state index >= 15 is 0 Å². The molecule has 0 N–H and O–H groups in total. The Labute approximate surface area is 148 Å². The van der Waals surface area contributed by atoms with Gasteiger partial charge < -0.3 is 9.47 Å². The van der Waals surface area contributed by atoms with Crippen LogP contribution in [-0.4, -0.2) is 19.0 Å². The van der Waals surface area contributed by atoms with Crippen molar-refractivity contribution in [1.29, 1.82) is 0 Å². The zero-order valence-corrected chi connectivity index (χ0v) is 15.7. The van der Waals surface area contributed by atoms with Gasteiger partial charge in [-0.2, -0.15) is 12.6 Å². The summed E-state index contributed by atoms with van der Waals surface area (Å²) in [5.41, 5.74) is 0. The number of rotatable bonds is 15. The van der Waals surface area contributed by atoms with Crippen LogP contribution in [0.2, 0.25) is 0 Å². The topological polar surface area (TPSA) is 18.5 Å². The van der Waals surface area contributed by atoms with E-state index in [-0.39, 0.29) is 0 Å². The van der Waals surface area contributed by atoms with Gasteiger partial charge in [0.15, 0.2) is 0 Å². The lowest BCUT2D eigenvalue weighted by Gasteiger charge is -2.08. The lowest BCUT2D eigenvalue weighted by Crippen LogP contribution is -1.99. The largest absolute Gasteiger partial charge is 0.494 e. The average molecular weight is 339 g/mol. The van der Waals surface area contributed by atoms with Gasteiger partial charge in [0.1, 0.15) is 11.5 Å². The molecule has 1 rings (SSSR count). The van der Waals surface area contributed by atoms with Crippen LogP contribution in [0, 0.1) is 0 Å². The van der Waals surface area contributed by atoms with E-state index in [1.807, 2.05) is 24.3 Å². The quantitative estimate of drug-likeness (QED) is 0.299. The molecule has 0 spiro atoms. The van der Waals surface area contributed by atoms with Crippen LogP contribution in [0.1, 0.15) is 71.1 Å². The normalized spacial score (nSPS) is 10.7. The van der Waals surface area contributed by atoms with Gasteiger partial charge in [0, 0.05) is 5.75 Å². The Hall–Kier alpha value is -0.830. The molecule has 0 saturated heterocycles. The van der Waals surface area contributed by atoms with Crippen LogP contribution < -0.4 is 9.47 Å². The van der Waals surface area contributed by atoms with Crippen molar-refractivity contribution in [2.24, 2.45) is 0 Å². The van der Waals surface area contributed by atoms with Crippen LogP contribution in [0.5, 0.6) is 11.5 Å². The molecule has 0 aliphatic carbocycles. The lowest BCUT2D eigenvalue weighted by molar-refractivity contribution is 0.302. The molecule has 0 unspecified atom stereocenters. The summed E-state index contributed by atoms with van der Waals surface area (Å²) < 4.78 is 11.3. The molecular formula is C20H34O2S. The van der Waals surface area contributed by atoms with Crippen LogP contribution in [0.15, 0.2) is 24.3 Å². The maximum Gasteiger partial charge on any atom is 0.119 e. The first kappa shape index (κ1) is 20.2. The van der Waals surface area contributed by atoms with Gasteiger partial charge in [-0.1, -0.05) is 64.7 Å². The van der Waals surface area contributed by atoms with Crippen molar-refractivity contribution < 1.29 is 9.47 Å². The number of thiol groups is 1. The van der Waals surface area contributed by atoms with Gasteiger partial charge in [-0.3, -0.25) is 0 Å². The van der Waals surface area contributed by atoms with E-state index in [0.29, 0.717) is 6.61 Å². The van der Waals surface area contributed by atoms with Crippen molar-refractivity contribution in [2.75, 3.05) is 19.0 Å². The van der Waals surface area contributed by atoms with Crippen LogP contribution >= 0.6 is 12.6 Å². The summed E-state index contributed by atoms with van der Waals surface area (Å²) in [6.07, 6.45) is 13.5. The van der Waals surface area contributed by atoms with Gasteiger partial charge in [0.05, 0.1) is 13.2 Å². The minimum Gasteiger partial charge on any atom is -0.494 e. The monoisotopic (exact) mass is 338 g/mol. The zero-order chi connectivity index (χ0) is 16.6. The third kappa shape index (κ3) is 11.4. The summed E-state index contributed by atoms with van der Waals surface area (Å²) in [6, 6.07) is 7.86. The summed E-state index contributed by atoms with van der Waals surface area (Å²) in [6.45, 7) is 3.73. The minimum absolute atomic E-state index is 0.641. The van der Waals surface area contributed by atoms with Gasteiger partial charge in [0.25, 0.3) is 0 Å². The summed E-state index contributed by atoms with van der Waals surface area (Å²) in [5.74, 6) is 2.54. The van der Waals surface area contributed by atoms with Crippen LogP contribution in [0.3, 0.4) is 0 Å². The second-order valence-corrected chi connectivity index (χ2v) is 6.52. The first-order chi connectivity index (χ1) is 11.4. The van der Waals surface area contributed by atoms with Crippen LogP contribution in [0.25, 0.3) is 0 Å². The molecule has 0 aliphatic rings. The highest BCUT2D eigenvalue weighted by Crippen LogP contribution is 2.18. The molecule has 1 aromatic rings. The molecule has 0 heterocycles. The van der Waals surface area contributed by atoms with E-state index in [4.69, 9.17) is 9.47 Å². The summed E-state index contributed by atoms with van der Waals surface area (Å²) in [4.78, 5) is 0. The predicted octanol–water partition coefficient (Wildman–Crippen LogP) is 6.29. The molecular weight excluding hydrogens is 304 g/mol. The second-order valence-electron chi connectivity index (χ2n) is 6.07. The number of benzene rings is 1. The molecule has 132 valence electrons. The first-order valence-electron chi connectivity index (χ1n) is 9.33. The maximum absolute atomic E-state index is 5.77. The fourth-order valence-electron chi connectivity index (χ4n) is 2.58. The SMILES string of the molecule is CCCCCCCCCCCCOc1ccc(OCCS)cc1. The molecule has 0 aromatic heterocycles. The number of ether oxygens (including phenoxy) is 2. The predicted molar refractivity (Wildman–Crippen MR) is 103 cm³/mol. The average Bonchev–Trinajstić information content (AvgIpc) is 2.59. The highest BCUT2D eigenvalue weighted by molar-refractivity contribution is 7.80. The smallest absolute Gasteiger partial charge is 0.119 e. The Morgan fingerprint density at radius 1 is 0.652 bits per heavy atom. The summed E-state index contributed by atoms with van der Waals surface area (Å²) >= 11 is 4.13. The van der Waals surface area contributed by atoms with E-state index in [1.165, 1.54) is 57.8 Å². The molecule has 0 atom stereocenters. The molecule has 0 radical (unpaired) electrons. The van der Waals surface area contributed by atoms with E-state index < -0.39 is 0 Å². The number of hydrogen-bond acceptors (Lipinski definition) is 3. The van der Waals surface area contributed by atoms with Crippen LogP contribution in [-0.2, 0) is 0 Å². The highest BCUT2D eigenvalue weighted by atomic mass is 32.1. The fourth-order valence-corrected chi connectivity index (χ4v) is 2.67. The zero-order valence-electron chi connectivity index (χ0n) is 14.8.